The molecule has 1 fully saturated rings. The Morgan fingerprint density at radius 2 is 1.61 bits per heavy atom. The fraction of sp³-hybridized carbons (Fsp3) is 0.190. The maximum absolute atomic E-state index is 14.1. The Labute approximate surface area is 181 Å². The van der Waals surface area contributed by atoms with Crippen LogP contribution in [0.1, 0.15) is 10.4 Å². The maximum atomic E-state index is 14.1. The highest BCUT2D eigenvalue weighted by atomic mass is 35.5. The molecule has 160 valence electrons. The summed E-state index contributed by atoms with van der Waals surface area (Å²) in [5.74, 6) is -2.14. The predicted molar refractivity (Wildman–Crippen MR) is 114 cm³/mol. The van der Waals surface area contributed by atoms with Crippen molar-refractivity contribution in [2.24, 2.45) is 5.73 Å². The molecule has 1 saturated heterocycles. The number of hydrogen-bond acceptors (Lipinski definition) is 5. The van der Waals surface area contributed by atoms with Crippen molar-refractivity contribution in [3.63, 3.8) is 0 Å². The first-order valence-electron chi connectivity index (χ1n) is 9.48. The maximum Gasteiger partial charge on any atom is 0.292 e. The molecule has 0 spiro atoms. The number of carbonyl (C=O) groups excluding carboxylic acids is 1. The van der Waals surface area contributed by atoms with Gasteiger partial charge in [-0.1, -0.05) is 11.6 Å². The number of hydrogen-bond donors (Lipinski definition) is 1. The summed E-state index contributed by atoms with van der Waals surface area (Å²) < 4.78 is 28.0. The lowest BCUT2D eigenvalue weighted by atomic mass is 10.1. The summed E-state index contributed by atoms with van der Waals surface area (Å²) in [7, 11) is 0. The van der Waals surface area contributed by atoms with E-state index < -0.39 is 23.1 Å². The second-order valence-corrected chi connectivity index (χ2v) is 7.42. The molecule has 1 aliphatic rings. The molecule has 7 nitrogen and oxygen atoms in total. The number of aromatic nitrogens is 2. The van der Waals surface area contributed by atoms with Crippen molar-refractivity contribution in [1.82, 2.24) is 9.78 Å². The van der Waals surface area contributed by atoms with Crippen LogP contribution in [-0.4, -0.2) is 41.9 Å². The number of amides is 1. The Kier molecular flexibility index (Phi) is 5.60. The van der Waals surface area contributed by atoms with Gasteiger partial charge in [-0.05, 0) is 36.4 Å². The minimum atomic E-state index is -0.908. The monoisotopic (exact) mass is 445 g/mol. The third kappa shape index (κ3) is 4.09. The van der Waals surface area contributed by atoms with Crippen LogP contribution in [0.4, 0.5) is 20.2 Å². The molecule has 0 unspecified atom stereocenters. The summed E-state index contributed by atoms with van der Waals surface area (Å²) in [4.78, 5) is 28.0. The number of anilines is 2. The van der Waals surface area contributed by atoms with E-state index in [9.17, 15) is 18.4 Å². The van der Waals surface area contributed by atoms with Gasteiger partial charge in [0, 0.05) is 43.5 Å². The summed E-state index contributed by atoms with van der Waals surface area (Å²) in [5.41, 5.74) is 6.26. The first-order valence-corrected chi connectivity index (χ1v) is 9.86. The Bertz CT molecular complexity index is 1190. The van der Waals surface area contributed by atoms with Gasteiger partial charge < -0.3 is 15.5 Å². The highest BCUT2D eigenvalue weighted by molar-refractivity contribution is 6.33. The molecule has 0 saturated carbocycles. The molecule has 10 heteroatoms. The van der Waals surface area contributed by atoms with Crippen LogP contribution in [0.2, 0.25) is 5.02 Å². The van der Waals surface area contributed by atoms with E-state index in [4.69, 9.17) is 17.3 Å². The van der Waals surface area contributed by atoms with Crippen molar-refractivity contribution in [2.75, 3.05) is 36.0 Å². The number of rotatable bonds is 4. The highest BCUT2D eigenvalue weighted by Gasteiger charge is 2.22. The van der Waals surface area contributed by atoms with Gasteiger partial charge in [-0.25, -0.2) is 8.78 Å². The summed E-state index contributed by atoms with van der Waals surface area (Å²) in [6.45, 7) is 2.46. The fourth-order valence-electron chi connectivity index (χ4n) is 3.51. The molecule has 1 amide bonds. The average Bonchev–Trinajstić information content (AvgIpc) is 2.76. The van der Waals surface area contributed by atoms with Crippen molar-refractivity contribution in [3.05, 3.63) is 81.2 Å². The molecular formula is C21H18ClF2N5O2. The van der Waals surface area contributed by atoms with Crippen LogP contribution in [0.3, 0.4) is 0 Å². The Morgan fingerprint density at radius 3 is 2.23 bits per heavy atom. The summed E-state index contributed by atoms with van der Waals surface area (Å²) >= 11 is 6.30. The molecule has 31 heavy (non-hydrogen) atoms. The van der Waals surface area contributed by atoms with E-state index in [0.29, 0.717) is 43.5 Å². The SMILES string of the molecule is NC(=O)c1ccc(N2CCN(c3cnn(-c4ccc(F)cc4F)c(=O)c3Cl)CC2)cc1. The number of nitrogens with two attached hydrogens (primary N) is 1. The van der Waals surface area contributed by atoms with Gasteiger partial charge in [0.15, 0.2) is 5.82 Å². The van der Waals surface area contributed by atoms with Crippen molar-refractivity contribution >= 4 is 28.9 Å². The molecule has 0 aliphatic carbocycles. The normalized spacial score (nSPS) is 14.0. The lowest BCUT2D eigenvalue weighted by Gasteiger charge is -2.37. The number of primary amides is 1. The predicted octanol–water partition coefficient (Wildman–Crippen LogP) is 2.59. The molecule has 0 radical (unpaired) electrons. The van der Waals surface area contributed by atoms with E-state index >= 15 is 0 Å². The third-order valence-corrected chi connectivity index (χ3v) is 5.53. The number of halogens is 3. The van der Waals surface area contributed by atoms with Crippen LogP contribution in [0.15, 0.2) is 53.5 Å². The molecule has 3 aromatic rings. The van der Waals surface area contributed by atoms with Gasteiger partial charge in [-0.3, -0.25) is 9.59 Å². The van der Waals surface area contributed by atoms with E-state index in [1.807, 2.05) is 17.0 Å². The van der Waals surface area contributed by atoms with Gasteiger partial charge >= 0.3 is 0 Å². The molecule has 1 aromatic heterocycles. The van der Waals surface area contributed by atoms with Crippen LogP contribution in [0, 0.1) is 11.6 Å². The van der Waals surface area contributed by atoms with Gasteiger partial charge in [-0.2, -0.15) is 9.78 Å². The van der Waals surface area contributed by atoms with Crippen LogP contribution in [-0.2, 0) is 0 Å². The highest BCUT2D eigenvalue weighted by Crippen LogP contribution is 2.25. The van der Waals surface area contributed by atoms with E-state index in [2.05, 4.69) is 10.00 Å². The molecule has 2 heterocycles. The van der Waals surface area contributed by atoms with Crippen molar-refractivity contribution in [2.45, 2.75) is 0 Å². The van der Waals surface area contributed by atoms with E-state index in [-0.39, 0.29) is 10.7 Å². The minimum absolute atomic E-state index is 0.0852. The smallest absolute Gasteiger partial charge is 0.292 e. The zero-order chi connectivity index (χ0) is 22.1. The number of piperazine rings is 1. The Morgan fingerprint density at radius 1 is 0.968 bits per heavy atom. The molecule has 0 atom stereocenters. The number of nitrogens with zero attached hydrogens (tertiary/aromatic N) is 4. The number of benzene rings is 2. The largest absolute Gasteiger partial charge is 0.368 e. The summed E-state index contributed by atoms with van der Waals surface area (Å²) in [6, 6.07) is 9.89. The van der Waals surface area contributed by atoms with Gasteiger partial charge in [0.05, 0.1) is 11.9 Å². The van der Waals surface area contributed by atoms with Crippen LogP contribution < -0.4 is 21.1 Å². The quantitative estimate of drug-likeness (QED) is 0.667. The molecule has 4 rings (SSSR count). The fourth-order valence-corrected chi connectivity index (χ4v) is 3.76. The first kappa shape index (κ1) is 20.8. The second-order valence-electron chi connectivity index (χ2n) is 7.04. The first-order chi connectivity index (χ1) is 14.8. The van der Waals surface area contributed by atoms with Crippen LogP contribution in [0.5, 0.6) is 0 Å². The van der Waals surface area contributed by atoms with Crippen molar-refractivity contribution in [3.8, 4) is 5.69 Å². The second kappa shape index (κ2) is 8.35. The average molecular weight is 446 g/mol. The van der Waals surface area contributed by atoms with E-state index in [1.165, 1.54) is 6.20 Å². The van der Waals surface area contributed by atoms with Gasteiger partial charge in [0.25, 0.3) is 5.56 Å². The third-order valence-electron chi connectivity index (χ3n) is 5.18. The zero-order valence-corrected chi connectivity index (χ0v) is 17.0. The minimum Gasteiger partial charge on any atom is -0.368 e. The van der Waals surface area contributed by atoms with Gasteiger partial charge in [0.1, 0.15) is 16.5 Å². The van der Waals surface area contributed by atoms with Crippen molar-refractivity contribution < 1.29 is 13.6 Å². The Hall–Kier alpha value is -3.46. The summed E-state index contributed by atoms with van der Waals surface area (Å²) in [5, 5.41) is 3.95. The zero-order valence-electron chi connectivity index (χ0n) is 16.3. The van der Waals surface area contributed by atoms with E-state index in [1.54, 1.807) is 12.1 Å². The Balaban J connectivity index is 1.51. The van der Waals surface area contributed by atoms with E-state index in [0.717, 1.165) is 22.5 Å². The number of carbonyl (C=O) groups is 1. The van der Waals surface area contributed by atoms with Gasteiger partial charge in [0.2, 0.25) is 5.91 Å². The van der Waals surface area contributed by atoms with Crippen LogP contribution in [0.25, 0.3) is 5.69 Å². The topological polar surface area (TPSA) is 84.5 Å². The molecule has 1 aliphatic heterocycles. The van der Waals surface area contributed by atoms with Crippen molar-refractivity contribution in [1.29, 1.82) is 0 Å². The lowest BCUT2D eigenvalue weighted by molar-refractivity contribution is 0.100. The van der Waals surface area contributed by atoms with Gasteiger partial charge in [-0.15, -0.1) is 0 Å². The molecule has 0 bridgehead atoms. The molecular weight excluding hydrogens is 428 g/mol. The molecule has 2 aromatic carbocycles. The standard InChI is InChI=1S/C21H18ClF2N5O2/c22-19-18(12-26-29(21(19)31)17-6-3-14(23)11-16(17)24)28-9-7-27(8-10-28)15-4-1-13(2-5-15)20(25)30/h1-6,11-12H,7-10H2,(H2,25,30). The van der Waals surface area contributed by atoms with Crippen LogP contribution >= 0.6 is 11.6 Å². The molecule has 2 N–H and O–H groups in total. The lowest BCUT2D eigenvalue weighted by Crippen LogP contribution is -2.47. The summed E-state index contributed by atoms with van der Waals surface area (Å²) in [6.07, 6.45) is 1.41.